The maximum atomic E-state index is 10.8. The third-order valence-electron chi connectivity index (χ3n) is 2.57. The molecule has 0 aromatic carbocycles. The number of carboxylic acids is 1. The summed E-state index contributed by atoms with van der Waals surface area (Å²) in [6, 6.07) is 3.71. The largest absolute Gasteiger partial charge is 0.549 e. The zero-order valence-corrected chi connectivity index (χ0v) is 11.4. The predicted molar refractivity (Wildman–Crippen MR) is 69.3 cm³/mol. The fourth-order valence-electron chi connectivity index (χ4n) is 1.58. The Balaban J connectivity index is 2.33. The fraction of sp³-hybridized carbons (Fsp3) is 0.333. The zero-order valence-electron chi connectivity index (χ0n) is 10.6. The van der Waals surface area contributed by atoms with Gasteiger partial charge in [0, 0.05) is 29.8 Å². The lowest BCUT2D eigenvalue weighted by molar-refractivity contribution is -0.304. The number of aromatic nitrogens is 4. The lowest BCUT2D eigenvalue weighted by Gasteiger charge is -2.12. The number of thioether (sulfide) groups is 1. The van der Waals surface area contributed by atoms with E-state index in [1.807, 2.05) is 23.6 Å². The first-order valence-electron chi connectivity index (χ1n) is 5.84. The van der Waals surface area contributed by atoms with E-state index in [2.05, 4.69) is 15.2 Å². The molecule has 0 unspecified atom stereocenters. The highest BCUT2D eigenvalue weighted by molar-refractivity contribution is 8.00. The van der Waals surface area contributed by atoms with Crippen molar-refractivity contribution in [2.75, 3.05) is 0 Å². The number of nitrogens with zero attached hydrogens (tertiary/aromatic N) is 4. The van der Waals surface area contributed by atoms with Crippen LogP contribution in [0.25, 0.3) is 11.4 Å². The summed E-state index contributed by atoms with van der Waals surface area (Å²) in [5, 5.41) is 18.8. The SMILES string of the molecule is CCn1c(S[C@@H](C)C(=O)[O-])nnc1-c1cccnc1. The molecule has 100 valence electrons. The first kappa shape index (κ1) is 13.5. The van der Waals surface area contributed by atoms with Gasteiger partial charge in [0.2, 0.25) is 0 Å². The summed E-state index contributed by atoms with van der Waals surface area (Å²) in [4.78, 5) is 14.8. The standard InChI is InChI=1S/C12H14N4O2S/c1-3-16-10(9-5-4-6-13-7-9)14-15-12(16)19-8(2)11(17)18/h4-8H,3H2,1-2H3,(H,17,18)/p-1/t8-/m0/s1. The molecule has 0 aliphatic rings. The molecule has 2 rings (SSSR count). The van der Waals surface area contributed by atoms with E-state index in [1.165, 1.54) is 0 Å². The minimum absolute atomic E-state index is 0.568. The van der Waals surface area contributed by atoms with E-state index in [9.17, 15) is 9.90 Å². The van der Waals surface area contributed by atoms with Crippen molar-refractivity contribution in [3.8, 4) is 11.4 Å². The Morgan fingerprint density at radius 2 is 2.32 bits per heavy atom. The molecular weight excluding hydrogens is 264 g/mol. The Morgan fingerprint density at radius 3 is 2.89 bits per heavy atom. The molecule has 0 amide bonds. The van der Waals surface area contributed by atoms with Gasteiger partial charge in [-0.25, -0.2) is 0 Å². The number of carbonyl (C=O) groups excluding carboxylic acids is 1. The van der Waals surface area contributed by atoms with Crippen molar-refractivity contribution < 1.29 is 9.90 Å². The van der Waals surface area contributed by atoms with E-state index in [-0.39, 0.29) is 0 Å². The highest BCUT2D eigenvalue weighted by Gasteiger charge is 2.16. The molecule has 6 nitrogen and oxygen atoms in total. The van der Waals surface area contributed by atoms with Crippen LogP contribution in [-0.2, 0) is 11.3 Å². The Morgan fingerprint density at radius 1 is 1.53 bits per heavy atom. The Bertz CT molecular complexity index is 570. The zero-order chi connectivity index (χ0) is 13.8. The quantitative estimate of drug-likeness (QED) is 0.744. The molecule has 0 N–H and O–H groups in total. The average Bonchev–Trinajstić information content (AvgIpc) is 2.82. The van der Waals surface area contributed by atoms with E-state index < -0.39 is 11.2 Å². The van der Waals surface area contributed by atoms with Crippen molar-refractivity contribution in [1.82, 2.24) is 19.7 Å². The minimum atomic E-state index is -1.11. The van der Waals surface area contributed by atoms with Gasteiger partial charge in [-0.15, -0.1) is 10.2 Å². The predicted octanol–water partition coefficient (Wildman–Crippen LogP) is 0.590. The van der Waals surface area contributed by atoms with Crippen LogP contribution in [0.15, 0.2) is 29.7 Å². The summed E-state index contributed by atoms with van der Waals surface area (Å²) in [5.74, 6) is -0.428. The molecule has 0 saturated carbocycles. The van der Waals surface area contributed by atoms with Crippen molar-refractivity contribution >= 4 is 17.7 Å². The van der Waals surface area contributed by atoms with Crippen LogP contribution in [0.1, 0.15) is 13.8 Å². The maximum Gasteiger partial charge on any atom is 0.192 e. The fourth-order valence-corrected chi connectivity index (χ4v) is 2.42. The monoisotopic (exact) mass is 277 g/mol. The summed E-state index contributed by atoms with van der Waals surface area (Å²) in [5.41, 5.74) is 0.852. The van der Waals surface area contributed by atoms with Crippen molar-refractivity contribution in [2.24, 2.45) is 0 Å². The molecule has 2 aromatic heterocycles. The summed E-state index contributed by atoms with van der Waals surface area (Å²) in [7, 11) is 0. The van der Waals surface area contributed by atoms with Crippen molar-refractivity contribution in [2.45, 2.75) is 30.8 Å². The highest BCUT2D eigenvalue weighted by atomic mass is 32.2. The van der Waals surface area contributed by atoms with Gasteiger partial charge in [0.25, 0.3) is 0 Å². The van der Waals surface area contributed by atoms with Gasteiger partial charge in [-0.3, -0.25) is 4.98 Å². The number of carboxylic acid groups (broad SMARTS) is 1. The Labute approximate surface area is 114 Å². The van der Waals surface area contributed by atoms with Crippen LogP contribution in [0.5, 0.6) is 0 Å². The first-order valence-corrected chi connectivity index (χ1v) is 6.72. The molecule has 7 heteroatoms. The Hall–Kier alpha value is -1.89. The summed E-state index contributed by atoms with van der Waals surface area (Å²) in [6.07, 6.45) is 3.39. The van der Waals surface area contributed by atoms with Gasteiger partial charge >= 0.3 is 0 Å². The van der Waals surface area contributed by atoms with Crippen LogP contribution in [0.3, 0.4) is 0 Å². The van der Waals surface area contributed by atoms with E-state index in [4.69, 9.17) is 0 Å². The number of rotatable bonds is 5. The molecule has 2 heterocycles. The van der Waals surface area contributed by atoms with Gasteiger partial charge in [-0.2, -0.15) is 0 Å². The van der Waals surface area contributed by atoms with E-state index in [0.717, 1.165) is 17.3 Å². The van der Waals surface area contributed by atoms with Crippen LogP contribution in [-0.4, -0.2) is 31.0 Å². The van der Waals surface area contributed by atoms with E-state index in [1.54, 1.807) is 19.3 Å². The van der Waals surface area contributed by atoms with E-state index in [0.29, 0.717) is 17.5 Å². The molecule has 19 heavy (non-hydrogen) atoms. The average molecular weight is 277 g/mol. The molecule has 0 bridgehead atoms. The summed E-state index contributed by atoms with van der Waals surface area (Å²) in [6.45, 7) is 4.18. The van der Waals surface area contributed by atoms with Crippen LogP contribution >= 0.6 is 11.8 Å². The van der Waals surface area contributed by atoms with Crippen molar-refractivity contribution in [3.05, 3.63) is 24.5 Å². The van der Waals surface area contributed by atoms with Crippen LogP contribution in [0, 0.1) is 0 Å². The lowest BCUT2D eigenvalue weighted by atomic mass is 10.3. The van der Waals surface area contributed by atoms with Crippen LogP contribution in [0.4, 0.5) is 0 Å². The second kappa shape index (κ2) is 5.83. The Kier molecular flexibility index (Phi) is 4.16. The molecule has 0 fully saturated rings. The molecule has 0 spiro atoms. The number of carbonyl (C=O) groups is 1. The van der Waals surface area contributed by atoms with Gasteiger partial charge in [-0.05, 0) is 26.0 Å². The first-order chi connectivity index (χ1) is 9.13. The third kappa shape index (κ3) is 2.93. The molecule has 1 atom stereocenters. The second-order valence-electron chi connectivity index (χ2n) is 3.87. The lowest BCUT2D eigenvalue weighted by Crippen LogP contribution is -2.31. The summed E-state index contributed by atoms with van der Waals surface area (Å²) >= 11 is 1.13. The van der Waals surface area contributed by atoms with Crippen molar-refractivity contribution in [3.63, 3.8) is 0 Å². The van der Waals surface area contributed by atoms with E-state index >= 15 is 0 Å². The smallest absolute Gasteiger partial charge is 0.192 e. The van der Waals surface area contributed by atoms with Crippen LogP contribution < -0.4 is 5.11 Å². The van der Waals surface area contributed by atoms with Gasteiger partial charge in [-0.1, -0.05) is 11.8 Å². The number of hydrogen-bond donors (Lipinski definition) is 0. The maximum absolute atomic E-state index is 10.8. The van der Waals surface area contributed by atoms with Gasteiger partial charge in [0.05, 0.1) is 5.97 Å². The number of pyridine rings is 1. The molecule has 0 aliphatic carbocycles. The number of aliphatic carboxylic acids is 1. The third-order valence-corrected chi connectivity index (χ3v) is 3.63. The summed E-state index contributed by atoms with van der Waals surface area (Å²) < 4.78 is 1.86. The van der Waals surface area contributed by atoms with Crippen molar-refractivity contribution in [1.29, 1.82) is 0 Å². The molecular formula is C12H13N4O2S-. The normalized spacial score (nSPS) is 12.3. The molecule has 2 aromatic rings. The highest BCUT2D eigenvalue weighted by Crippen LogP contribution is 2.25. The number of hydrogen-bond acceptors (Lipinski definition) is 6. The van der Waals surface area contributed by atoms with Gasteiger partial charge in [0.1, 0.15) is 0 Å². The van der Waals surface area contributed by atoms with Gasteiger partial charge < -0.3 is 14.5 Å². The molecule has 0 saturated heterocycles. The second-order valence-corrected chi connectivity index (χ2v) is 5.18. The minimum Gasteiger partial charge on any atom is -0.549 e. The topological polar surface area (TPSA) is 83.7 Å². The van der Waals surface area contributed by atoms with Crippen LogP contribution in [0.2, 0.25) is 0 Å². The molecule has 0 radical (unpaired) electrons. The van der Waals surface area contributed by atoms with Gasteiger partial charge in [0.15, 0.2) is 11.0 Å². The molecule has 0 aliphatic heterocycles.